The molecule has 21 heavy (non-hydrogen) atoms. The standard InChI is InChI=1S/C11H11ClF3N3O3/c1-2-3-17(6-11(13,14)15)10(19)7-4-9(12)16-5-8(7)18(20)21/h4-5H,2-3,6H2,1H3. The SMILES string of the molecule is CCCN(CC(F)(F)F)C(=O)c1cc(Cl)ncc1[N+](=O)[O-]. The summed E-state index contributed by atoms with van der Waals surface area (Å²) in [6, 6.07) is 0.890. The minimum atomic E-state index is -4.60. The summed E-state index contributed by atoms with van der Waals surface area (Å²) in [4.78, 5) is 26.0. The van der Waals surface area contributed by atoms with Gasteiger partial charge in [-0.2, -0.15) is 13.2 Å². The fourth-order valence-corrected chi connectivity index (χ4v) is 1.81. The number of hydrogen-bond acceptors (Lipinski definition) is 4. The van der Waals surface area contributed by atoms with E-state index in [9.17, 15) is 28.1 Å². The van der Waals surface area contributed by atoms with Crippen molar-refractivity contribution < 1.29 is 22.9 Å². The molecule has 1 aromatic heterocycles. The van der Waals surface area contributed by atoms with Crippen molar-refractivity contribution in [2.45, 2.75) is 19.5 Å². The number of rotatable bonds is 5. The van der Waals surface area contributed by atoms with Crippen LogP contribution in [-0.4, -0.2) is 40.0 Å². The topological polar surface area (TPSA) is 76.3 Å². The Morgan fingerprint density at radius 2 is 2.14 bits per heavy atom. The molecule has 0 aliphatic carbocycles. The molecule has 6 nitrogen and oxygen atoms in total. The lowest BCUT2D eigenvalue weighted by molar-refractivity contribution is -0.385. The summed E-state index contributed by atoms with van der Waals surface area (Å²) in [5.41, 5.74) is -1.20. The van der Waals surface area contributed by atoms with Crippen LogP contribution < -0.4 is 0 Å². The minimum Gasteiger partial charge on any atom is -0.329 e. The number of alkyl halides is 3. The molecule has 0 saturated heterocycles. The molecule has 0 fully saturated rings. The number of carbonyl (C=O) groups is 1. The maximum absolute atomic E-state index is 12.5. The first-order valence-electron chi connectivity index (χ1n) is 5.81. The van der Waals surface area contributed by atoms with Crippen LogP contribution in [0, 0.1) is 10.1 Å². The summed E-state index contributed by atoms with van der Waals surface area (Å²) in [6.07, 6.45) is -3.59. The van der Waals surface area contributed by atoms with Gasteiger partial charge in [0.2, 0.25) is 0 Å². The highest BCUT2D eigenvalue weighted by molar-refractivity contribution is 6.29. The average Bonchev–Trinajstić information content (AvgIpc) is 2.35. The summed E-state index contributed by atoms with van der Waals surface area (Å²) in [5, 5.41) is 10.6. The van der Waals surface area contributed by atoms with E-state index in [0.717, 1.165) is 12.3 Å². The molecule has 1 rings (SSSR count). The summed E-state index contributed by atoms with van der Waals surface area (Å²) < 4.78 is 37.4. The van der Waals surface area contributed by atoms with E-state index in [4.69, 9.17) is 11.6 Å². The second-order valence-electron chi connectivity index (χ2n) is 4.12. The molecule has 0 N–H and O–H groups in total. The van der Waals surface area contributed by atoms with Crippen LogP contribution >= 0.6 is 11.6 Å². The maximum atomic E-state index is 12.5. The Balaban J connectivity index is 3.19. The zero-order valence-corrected chi connectivity index (χ0v) is 11.6. The minimum absolute atomic E-state index is 0.185. The van der Waals surface area contributed by atoms with E-state index in [1.807, 2.05) is 0 Å². The number of halogens is 4. The number of pyridine rings is 1. The van der Waals surface area contributed by atoms with Crippen molar-refractivity contribution in [3.05, 3.63) is 33.1 Å². The molecule has 0 aromatic carbocycles. The lowest BCUT2D eigenvalue weighted by Crippen LogP contribution is -2.39. The fraction of sp³-hybridized carbons (Fsp3) is 0.455. The van der Waals surface area contributed by atoms with Gasteiger partial charge in [-0.3, -0.25) is 14.9 Å². The van der Waals surface area contributed by atoms with Gasteiger partial charge in [-0.15, -0.1) is 0 Å². The molecule has 10 heteroatoms. The summed E-state index contributed by atoms with van der Waals surface area (Å²) in [5.74, 6) is -1.11. The van der Waals surface area contributed by atoms with Crippen LogP contribution in [0.25, 0.3) is 0 Å². The highest BCUT2D eigenvalue weighted by atomic mass is 35.5. The summed E-state index contributed by atoms with van der Waals surface area (Å²) in [7, 11) is 0. The highest BCUT2D eigenvalue weighted by Gasteiger charge is 2.35. The molecule has 0 unspecified atom stereocenters. The zero-order valence-electron chi connectivity index (χ0n) is 10.9. The number of hydrogen-bond donors (Lipinski definition) is 0. The summed E-state index contributed by atoms with van der Waals surface area (Å²) in [6.45, 7) is -0.0865. The number of nitrogens with zero attached hydrogens (tertiary/aromatic N) is 3. The molecule has 0 aliphatic heterocycles. The van der Waals surface area contributed by atoms with Gasteiger partial charge in [0.05, 0.1) is 4.92 Å². The highest BCUT2D eigenvalue weighted by Crippen LogP contribution is 2.24. The molecule has 1 heterocycles. The van der Waals surface area contributed by atoms with Crippen LogP contribution in [0.1, 0.15) is 23.7 Å². The quantitative estimate of drug-likeness (QED) is 0.473. The van der Waals surface area contributed by atoms with Gasteiger partial charge in [0.25, 0.3) is 11.6 Å². The predicted molar refractivity (Wildman–Crippen MR) is 68.2 cm³/mol. The molecule has 0 atom stereocenters. The largest absolute Gasteiger partial charge is 0.406 e. The molecular formula is C11H11ClF3N3O3. The van der Waals surface area contributed by atoms with Crippen LogP contribution in [0.15, 0.2) is 12.3 Å². The van der Waals surface area contributed by atoms with E-state index in [2.05, 4.69) is 4.98 Å². The van der Waals surface area contributed by atoms with Crippen LogP contribution in [0.2, 0.25) is 5.15 Å². The van der Waals surface area contributed by atoms with E-state index in [-0.39, 0.29) is 18.1 Å². The monoisotopic (exact) mass is 325 g/mol. The van der Waals surface area contributed by atoms with Crippen LogP contribution in [0.5, 0.6) is 0 Å². The molecule has 116 valence electrons. The van der Waals surface area contributed by atoms with Crippen LogP contribution in [-0.2, 0) is 0 Å². The Labute approximate surface area is 122 Å². The lowest BCUT2D eigenvalue weighted by Gasteiger charge is -2.23. The van der Waals surface area contributed by atoms with Crippen molar-refractivity contribution >= 4 is 23.2 Å². The number of nitro groups is 1. The zero-order chi connectivity index (χ0) is 16.2. The Kier molecular flexibility index (Phi) is 5.47. The maximum Gasteiger partial charge on any atom is 0.406 e. The fourth-order valence-electron chi connectivity index (χ4n) is 1.65. The van der Waals surface area contributed by atoms with E-state index >= 15 is 0 Å². The number of amides is 1. The predicted octanol–water partition coefficient (Wildman–Crippen LogP) is 3.06. The average molecular weight is 326 g/mol. The first kappa shape index (κ1) is 17.2. The molecule has 1 aromatic rings. The molecule has 0 spiro atoms. The second kappa shape index (κ2) is 6.70. The Bertz CT molecular complexity index is 551. The van der Waals surface area contributed by atoms with E-state index < -0.39 is 34.8 Å². The Morgan fingerprint density at radius 3 is 2.62 bits per heavy atom. The van der Waals surface area contributed by atoms with Gasteiger partial charge in [-0.1, -0.05) is 18.5 Å². The van der Waals surface area contributed by atoms with E-state index in [1.165, 1.54) is 0 Å². The second-order valence-corrected chi connectivity index (χ2v) is 4.51. The van der Waals surface area contributed by atoms with Gasteiger partial charge < -0.3 is 4.90 Å². The third kappa shape index (κ3) is 4.85. The first-order chi connectivity index (χ1) is 9.65. The molecular weight excluding hydrogens is 315 g/mol. The van der Waals surface area contributed by atoms with Crippen molar-refractivity contribution in [2.75, 3.05) is 13.1 Å². The Hall–Kier alpha value is -1.90. The number of carbonyl (C=O) groups excluding carboxylic acids is 1. The molecule has 1 amide bonds. The number of aromatic nitrogens is 1. The molecule has 0 radical (unpaired) electrons. The van der Waals surface area contributed by atoms with Gasteiger partial charge in [0, 0.05) is 6.54 Å². The smallest absolute Gasteiger partial charge is 0.329 e. The van der Waals surface area contributed by atoms with Gasteiger partial charge in [-0.05, 0) is 12.5 Å². The van der Waals surface area contributed by atoms with Gasteiger partial charge in [-0.25, -0.2) is 4.98 Å². The third-order valence-electron chi connectivity index (χ3n) is 2.43. The van der Waals surface area contributed by atoms with Gasteiger partial charge in [0.15, 0.2) is 0 Å². The molecule has 0 bridgehead atoms. The van der Waals surface area contributed by atoms with E-state index in [0.29, 0.717) is 4.90 Å². The van der Waals surface area contributed by atoms with Crippen LogP contribution in [0.4, 0.5) is 18.9 Å². The van der Waals surface area contributed by atoms with Crippen molar-refractivity contribution in [1.82, 2.24) is 9.88 Å². The first-order valence-corrected chi connectivity index (χ1v) is 6.19. The van der Waals surface area contributed by atoms with Crippen LogP contribution in [0.3, 0.4) is 0 Å². The Morgan fingerprint density at radius 1 is 1.52 bits per heavy atom. The summed E-state index contributed by atoms with van der Waals surface area (Å²) >= 11 is 5.55. The molecule has 0 saturated carbocycles. The third-order valence-corrected chi connectivity index (χ3v) is 2.63. The van der Waals surface area contributed by atoms with E-state index in [1.54, 1.807) is 6.92 Å². The van der Waals surface area contributed by atoms with Crippen molar-refractivity contribution in [2.24, 2.45) is 0 Å². The van der Waals surface area contributed by atoms with Crippen molar-refractivity contribution in [1.29, 1.82) is 0 Å². The van der Waals surface area contributed by atoms with Crippen molar-refractivity contribution in [3.63, 3.8) is 0 Å². The lowest BCUT2D eigenvalue weighted by atomic mass is 10.2. The normalized spacial score (nSPS) is 11.3. The molecule has 0 aliphatic rings. The van der Waals surface area contributed by atoms with Gasteiger partial charge in [0.1, 0.15) is 23.5 Å². The van der Waals surface area contributed by atoms with Gasteiger partial charge >= 0.3 is 6.18 Å². The van der Waals surface area contributed by atoms with Crippen molar-refractivity contribution in [3.8, 4) is 0 Å².